The second-order valence-corrected chi connectivity index (χ2v) is 6.21. The molecule has 1 atom stereocenters. The minimum absolute atomic E-state index is 0.0305. The molecule has 21 heavy (non-hydrogen) atoms. The first kappa shape index (κ1) is 15.8. The van der Waals surface area contributed by atoms with Gasteiger partial charge in [0.25, 0.3) is 0 Å². The Balaban J connectivity index is 2.25. The molecule has 1 unspecified atom stereocenters. The summed E-state index contributed by atoms with van der Waals surface area (Å²) in [6.07, 6.45) is 0. The molecule has 2 rings (SSSR count). The maximum atomic E-state index is 13.8. The van der Waals surface area contributed by atoms with Gasteiger partial charge in [-0.1, -0.05) is 17.7 Å². The lowest BCUT2D eigenvalue weighted by molar-refractivity contribution is 0.339. The number of halogens is 2. The van der Waals surface area contributed by atoms with Gasteiger partial charge in [-0.05, 0) is 37.3 Å². The summed E-state index contributed by atoms with van der Waals surface area (Å²) in [4.78, 5) is 0.440. The second-order valence-electron chi connectivity index (χ2n) is 4.36. The Labute approximate surface area is 130 Å². The first-order chi connectivity index (χ1) is 10.0. The monoisotopic (exact) mass is 327 g/mol. The fourth-order valence-electron chi connectivity index (χ4n) is 1.83. The van der Waals surface area contributed by atoms with Crippen molar-refractivity contribution in [2.45, 2.75) is 17.6 Å². The number of nitrogen functional groups attached to an aromatic ring is 1. The minimum atomic E-state index is -1.46. The van der Waals surface area contributed by atoms with Gasteiger partial charge in [0.2, 0.25) is 0 Å². The van der Waals surface area contributed by atoms with Crippen molar-refractivity contribution < 1.29 is 13.3 Å². The molecule has 0 aromatic heterocycles. The van der Waals surface area contributed by atoms with Crippen LogP contribution >= 0.6 is 11.6 Å². The standard InChI is InChI=1S/C15H15ClFNO2S/c1-2-20-12-5-6-14(18)15(8-12)21(19)9-10-3-4-11(16)7-13(10)17/h3-8H,2,9,18H2,1H3. The lowest BCUT2D eigenvalue weighted by Gasteiger charge is -2.10. The molecule has 0 radical (unpaired) electrons. The topological polar surface area (TPSA) is 52.3 Å². The van der Waals surface area contributed by atoms with Crippen LogP contribution in [0.3, 0.4) is 0 Å². The van der Waals surface area contributed by atoms with Crippen LogP contribution in [0.15, 0.2) is 41.3 Å². The summed E-state index contributed by atoms with van der Waals surface area (Å²) in [6, 6.07) is 9.27. The highest BCUT2D eigenvalue weighted by Crippen LogP contribution is 2.26. The average molecular weight is 328 g/mol. The number of ether oxygens (including phenoxy) is 1. The summed E-state index contributed by atoms with van der Waals surface area (Å²) < 4.78 is 31.5. The van der Waals surface area contributed by atoms with E-state index in [4.69, 9.17) is 22.1 Å². The molecule has 2 aromatic carbocycles. The molecule has 0 spiro atoms. The number of anilines is 1. The van der Waals surface area contributed by atoms with E-state index in [9.17, 15) is 8.60 Å². The van der Waals surface area contributed by atoms with Crippen molar-refractivity contribution in [3.05, 3.63) is 52.8 Å². The maximum Gasteiger partial charge on any atom is 0.128 e. The van der Waals surface area contributed by atoms with Crippen LogP contribution in [0.1, 0.15) is 12.5 Å². The van der Waals surface area contributed by atoms with E-state index in [1.165, 1.54) is 12.1 Å². The molecule has 0 aliphatic carbocycles. The van der Waals surface area contributed by atoms with Crippen LogP contribution < -0.4 is 10.5 Å². The largest absolute Gasteiger partial charge is 0.494 e. The number of benzene rings is 2. The van der Waals surface area contributed by atoms with Gasteiger partial charge < -0.3 is 10.5 Å². The summed E-state index contributed by atoms with van der Waals surface area (Å²) in [7, 11) is -1.46. The molecule has 112 valence electrons. The van der Waals surface area contributed by atoms with Gasteiger partial charge in [0.05, 0.1) is 28.1 Å². The molecule has 2 N–H and O–H groups in total. The predicted molar refractivity (Wildman–Crippen MR) is 83.5 cm³/mol. The van der Waals surface area contributed by atoms with E-state index < -0.39 is 16.6 Å². The van der Waals surface area contributed by atoms with Crippen molar-refractivity contribution in [1.82, 2.24) is 0 Å². The number of nitrogens with two attached hydrogens (primary N) is 1. The van der Waals surface area contributed by atoms with E-state index in [2.05, 4.69) is 0 Å². The Kier molecular flexibility index (Phi) is 5.20. The van der Waals surface area contributed by atoms with Gasteiger partial charge in [-0.3, -0.25) is 4.21 Å². The number of rotatable bonds is 5. The van der Waals surface area contributed by atoms with E-state index in [-0.39, 0.29) is 5.75 Å². The molecule has 0 amide bonds. The molecular weight excluding hydrogens is 313 g/mol. The van der Waals surface area contributed by atoms with Crippen LogP contribution in [0, 0.1) is 5.82 Å². The minimum Gasteiger partial charge on any atom is -0.494 e. The highest BCUT2D eigenvalue weighted by molar-refractivity contribution is 7.84. The smallest absolute Gasteiger partial charge is 0.128 e. The van der Waals surface area contributed by atoms with Gasteiger partial charge in [0.15, 0.2) is 0 Å². The molecular formula is C15H15ClFNO2S. The van der Waals surface area contributed by atoms with Crippen LogP contribution in [-0.2, 0) is 16.6 Å². The van der Waals surface area contributed by atoms with Crippen LogP contribution in [0.5, 0.6) is 5.75 Å². The zero-order valence-electron chi connectivity index (χ0n) is 11.4. The van der Waals surface area contributed by atoms with Crippen molar-refractivity contribution in [3.8, 4) is 5.75 Å². The fourth-order valence-corrected chi connectivity index (χ4v) is 3.24. The van der Waals surface area contributed by atoms with Gasteiger partial charge in [0, 0.05) is 16.3 Å². The Morgan fingerprint density at radius 3 is 2.71 bits per heavy atom. The number of hydrogen-bond donors (Lipinski definition) is 1. The summed E-state index contributed by atoms with van der Waals surface area (Å²) in [5, 5.41) is 0.305. The zero-order valence-corrected chi connectivity index (χ0v) is 13.0. The Morgan fingerprint density at radius 2 is 2.05 bits per heavy atom. The van der Waals surface area contributed by atoms with E-state index in [0.29, 0.717) is 33.5 Å². The third-order valence-electron chi connectivity index (χ3n) is 2.84. The van der Waals surface area contributed by atoms with Crippen LogP contribution in [0.25, 0.3) is 0 Å². The Morgan fingerprint density at radius 1 is 1.29 bits per heavy atom. The van der Waals surface area contributed by atoms with Crippen LogP contribution in [0.4, 0.5) is 10.1 Å². The van der Waals surface area contributed by atoms with Gasteiger partial charge >= 0.3 is 0 Å². The van der Waals surface area contributed by atoms with Gasteiger partial charge in [-0.15, -0.1) is 0 Å². The molecule has 6 heteroatoms. The first-order valence-electron chi connectivity index (χ1n) is 6.36. The summed E-state index contributed by atoms with van der Waals surface area (Å²) in [5.74, 6) is 0.144. The lowest BCUT2D eigenvalue weighted by atomic mass is 10.2. The van der Waals surface area contributed by atoms with E-state index in [1.54, 1.807) is 24.3 Å². The first-order valence-corrected chi connectivity index (χ1v) is 8.05. The predicted octanol–water partition coefficient (Wildman–Crippen LogP) is 3.77. The molecule has 2 aromatic rings. The normalized spacial score (nSPS) is 12.1. The molecule has 0 aliphatic rings. The summed E-state index contributed by atoms with van der Waals surface area (Å²) in [6.45, 7) is 2.36. The fraction of sp³-hybridized carbons (Fsp3) is 0.200. The second kappa shape index (κ2) is 6.91. The van der Waals surface area contributed by atoms with Gasteiger partial charge in [-0.25, -0.2) is 4.39 Å². The van der Waals surface area contributed by atoms with Gasteiger partial charge in [-0.2, -0.15) is 0 Å². The van der Waals surface area contributed by atoms with E-state index in [0.717, 1.165) is 0 Å². The molecule has 0 saturated heterocycles. The van der Waals surface area contributed by atoms with E-state index >= 15 is 0 Å². The van der Waals surface area contributed by atoms with Crippen LogP contribution in [-0.4, -0.2) is 10.8 Å². The van der Waals surface area contributed by atoms with Crippen molar-refractivity contribution >= 4 is 28.1 Å². The van der Waals surface area contributed by atoms with Crippen molar-refractivity contribution in [1.29, 1.82) is 0 Å². The van der Waals surface area contributed by atoms with Crippen molar-refractivity contribution in [2.75, 3.05) is 12.3 Å². The van der Waals surface area contributed by atoms with Crippen LogP contribution in [0.2, 0.25) is 5.02 Å². The van der Waals surface area contributed by atoms with E-state index in [1.807, 2.05) is 6.92 Å². The van der Waals surface area contributed by atoms with Crippen molar-refractivity contribution in [2.24, 2.45) is 0 Å². The SMILES string of the molecule is CCOc1ccc(N)c(S(=O)Cc2ccc(Cl)cc2F)c1. The highest BCUT2D eigenvalue weighted by Gasteiger charge is 2.13. The lowest BCUT2D eigenvalue weighted by Crippen LogP contribution is -2.03. The molecule has 0 heterocycles. The summed E-state index contributed by atoms with van der Waals surface area (Å²) in [5.41, 5.74) is 6.57. The van der Waals surface area contributed by atoms with Crippen molar-refractivity contribution in [3.63, 3.8) is 0 Å². The highest BCUT2D eigenvalue weighted by atomic mass is 35.5. The molecule has 0 saturated carbocycles. The summed E-state index contributed by atoms with van der Waals surface area (Å²) >= 11 is 5.70. The quantitative estimate of drug-likeness (QED) is 0.850. The molecule has 0 fully saturated rings. The number of hydrogen-bond acceptors (Lipinski definition) is 3. The molecule has 3 nitrogen and oxygen atoms in total. The molecule has 0 aliphatic heterocycles. The third kappa shape index (κ3) is 3.95. The Bertz CT molecular complexity index is 679. The third-order valence-corrected chi connectivity index (χ3v) is 4.50. The zero-order chi connectivity index (χ0) is 15.4. The maximum absolute atomic E-state index is 13.8. The average Bonchev–Trinajstić information content (AvgIpc) is 2.44. The van der Waals surface area contributed by atoms with Gasteiger partial charge in [0.1, 0.15) is 11.6 Å². The molecule has 0 bridgehead atoms. The Hall–Kier alpha value is -1.59.